The largest absolute Gasteiger partial charge is 0.482 e. The van der Waals surface area contributed by atoms with Crippen LogP contribution in [0.4, 0.5) is 4.39 Å². The van der Waals surface area contributed by atoms with Crippen molar-refractivity contribution in [3.63, 3.8) is 0 Å². The van der Waals surface area contributed by atoms with E-state index >= 15 is 4.39 Å². The molecule has 0 spiro atoms. The van der Waals surface area contributed by atoms with Crippen LogP contribution in [0.2, 0.25) is 5.02 Å². The zero-order chi connectivity index (χ0) is 23.3. The summed E-state index contributed by atoms with van der Waals surface area (Å²) in [6.07, 6.45) is 3.22. The third-order valence-corrected chi connectivity index (χ3v) is 6.93. The molecule has 0 atom stereocenters. The zero-order valence-corrected chi connectivity index (χ0v) is 21.2. The van der Waals surface area contributed by atoms with Gasteiger partial charge in [0.2, 0.25) is 0 Å². The lowest BCUT2D eigenvalue weighted by Crippen LogP contribution is -2.46. The summed E-state index contributed by atoms with van der Waals surface area (Å²) < 4.78 is 23.9. The van der Waals surface area contributed by atoms with Gasteiger partial charge in [-0.1, -0.05) is 18.0 Å². The van der Waals surface area contributed by atoms with Gasteiger partial charge in [0.15, 0.2) is 5.69 Å². The average molecular weight is 581 g/mol. The molecule has 2 aliphatic rings. The van der Waals surface area contributed by atoms with E-state index in [4.69, 9.17) is 16.3 Å². The summed E-state index contributed by atoms with van der Waals surface area (Å²) in [7, 11) is 0. The van der Waals surface area contributed by atoms with Crippen molar-refractivity contribution in [3.8, 4) is 22.7 Å². The second kappa shape index (κ2) is 8.56. The van der Waals surface area contributed by atoms with Crippen LogP contribution in [-0.2, 0) is 5.60 Å². The molecule has 3 heterocycles. The monoisotopic (exact) mass is 580 g/mol. The number of ether oxygens (including phenoxy) is 1. The number of nitrogens with one attached hydrogen (secondary N) is 1. The van der Waals surface area contributed by atoms with E-state index in [0.29, 0.717) is 22.0 Å². The maximum Gasteiger partial charge on any atom is 0.286 e. The van der Waals surface area contributed by atoms with Gasteiger partial charge in [0.1, 0.15) is 22.9 Å². The first-order valence-corrected chi connectivity index (χ1v) is 12.3. The molecule has 0 aliphatic carbocycles. The lowest BCUT2D eigenvalue weighted by molar-refractivity contribution is 0.0720. The number of halogens is 3. The van der Waals surface area contributed by atoms with Crippen LogP contribution in [0, 0.1) is 9.39 Å². The molecule has 2 aromatic carbocycles. The third-order valence-electron chi connectivity index (χ3n) is 6.02. The minimum atomic E-state index is -0.859. The highest BCUT2D eigenvalue weighted by Gasteiger charge is 2.41. The van der Waals surface area contributed by atoms with Crippen LogP contribution in [0.15, 0.2) is 36.4 Å². The second-order valence-electron chi connectivity index (χ2n) is 8.82. The van der Waals surface area contributed by atoms with Crippen molar-refractivity contribution in [2.75, 3.05) is 13.1 Å². The Kier molecular flexibility index (Phi) is 5.86. The van der Waals surface area contributed by atoms with Gasteiger partial charge in [0, 0.05) is 27.2 Å². The Hall–Kier alpha value is -2.17. The second-order valence-corrected chi connectivity index (χ2v) is 10.5. The number of hydrogen-bond acceptors (Lipinski definition) is 4. The molecule has 1 saturated heterocycles. The standard InChI is InChI=1S/C24H23ClFIN4O2/c1-24(2)20-21(23(32)29-30-10-4-3-5-11-30)28-31(18-9-6-14(25)12-17(18)26)22(20)16-8-7-15(27)13-19(16)33-24/h6-9,12-13H,3-5,10-11H2,1-2H3,(H,29,32). The Labute approximate surface area is 210 Å². The molecule has 1 amide bonds. The summed E-state index contributed by atoms with van der Waals surface area (Å²) in [5.74, 6) is -0.183. The number of amides is 1. The Morgan fingerprint density at radius 3 is 2.67 bits per heavy atom. The van der Waals surface area contributed by atoms with E-state index < -0.39 is 11.4 Å². The molecule has 1 aromatic heterocycles. The number of piperidine rings is 1. The van der Waals surface area contributed by atoms with Gasteiger partial charge in [-0.3, -0.25) is 10.2 Å². The molecule has 1 N–H and O–H groups in total. The van der Waals surface area contributed by atoms with Gasteiger partial charge in [-0.2, -0.15) is 5.10 Å². The molecule has 172 valence electrons. The molecule has 3 aromatic rings. The van der Waals surface area contributed by atoms with Gasteiger partial charge < -0.3 is 4.74 Å². The predicted octanol–water partition coefficient (Wildman–Crippen LogP) is 5.69. The van der Waals surface area contributed by atoms with E-state index in [0.717, 1.165) is 41.5 Å². The minimum absolute atomic E-state index is 0.217. The topological polar surface area (TPSA) is 59.4 Å². The minimum Gasteiger partial charge on any atom is -0.482 e. The van der Waals surface area contributed by atoms with E-state index in [1.807, 2.05) is 37.1 Å². The Morgan fingerprint density at radius 1 is 1.18 bits per heavy atom. The first-order chi connectivity index (χ1) is 15.7. The lowest BCUT2D eigenvalue weighted by atomic mass is 9.89. The van der Waals surface area contributed by atoms with Crippen molar-refractivity contribution < 1.29 is 13.9 Å². The molecule has 5 rings (SSSR count). The fourth-order valence-electron chi connectivity index (χ4n) is 4.53. The highest BCUT2D eigenvalue weighted by molar-refractivity contribution is 14.1. The van der Waals surface area contributed by atoms with Crippen LogP contribution in [0.25, 0.3) is 16.9 Å². The summed E-state index contributed by atoms with van der Waals surface area (Å²) in [5.41, 5.74) is 4.59. The van der Waals surface area contributed by atoms with E-state index in [9.17, 15) is 4.79 Å². The van der Waals surface area contributed by atoms with Crippen molar-refractivity contribution in [2.45, 2.75) is 38.7 Å². The molecule has 0 bridgehead atoms. The van der Waals surface area contributed by atoms with Crippen molar-refractivity contribution in [1.29, 1.82) is 0 Å². The molecule has 2 aliphatic heterocycles. The summed E-state index contributed by atoms with van der Waals surface area (Å²) in [6, 6.07) is 10.2. The van der Waals surface area contributed by atoms with Crippen LogP contribution in [0.3, 0.4) is 0 Å². The van der Waals surface area contributed by atoms with Gasteiger partial charge in [-0.05, 0) is 85.7 Å². The van der Waals surface area contributed by atoms with Crippen molar-refractivity contribution in [1.82, 2.24) is 20.2 Å². The normalized spacial score (nSPS) is 17.1. The van der Waals surface area contributed by atoms with Crippen LogP contribution in [0.1, 0.15) is 49.2 Å². The van der Waals surface area contributed by atoms with E-state index in [1.54, 1.807) is 12.1 Å². The van der Waals surface area contributed by atoms with Crippen molar-refractivity contribution >= 4 is 40.1 Å². The lowest BCUT2D eigenvalue weighted by Gasteiger charge is -2.34. The maximum atomic E-state index is 15.0. The molecule has 0 saturated carbocycles. The van der Waals surface area contributed by atoms with Gasteiger partial charge in [-0.25, -0.2) is 14.1 Å². The molecule has 0 radical (unpaired) electrons. The molecular formula is C24H23ClFIN4O2. The molecular weight excluding hydrogens is 558 g/mol. The van der Waals surface area contributed by atoms with E-state index in [2.05, 4.69) is 33.1 Å². The number of carbonyl (C=O) groups is 1. The average Bonchev–Trinajstić information content (AvgIpc) is 3.16. The highest BCUT2D eigenvalue weighted by atomic mass is 127. The Bertz CT molecular complexity index is 1250. The third kappa shape index (κ3) is 4.13. The zero-order valence-electron chi connectivity index (χ0n) is 18.3. The van der Waals surface area contributed by atoms with Crippen molar-refractivity contribution in [3.05, 3.63) is 62.1 Å². The highest BCUT2D eigenvalue weighted by Crippen LogP contribution is 2.48. The fraction of sp³-hybridized carbons (Fsp3) is 0.333. The van der Waals surface area contributed by atoms with Gasteiger partial charge in [0.05, 0.1) is 11.3 Å². The SMILES string of the molecule is CC1(C)Oc2cc(I)ccc2-c2c1c(C(=O)NN1CCCCC1)nn2-c1ccc(Cl)cc1F. The smallest absolute Gasteiger partial charge is 0.286 e. The number of carbonyl (C=O) groups excluding carboxylic acids is 1. The van der Waals surface area contributed by atoms with Crippen LogP contribution in [-0.4, -0.2) is 33.8 Å². The first kappa shape index (κ1) is 22.6. The number of aromatic nitrogens is 2. The quantitative estimate of drug-likeness (QED) is 0.404. The number of benzene rings is 2. The van der Waals surface area contributed by atoms with Gasteiger partial charge in [-0.15, -0.1) is 0 Å². The predicted molar refractivity (Wildman–Crippen MR) is 133 cm³/mol. The molecule has 6 nitrogen and oxygen atoms in total. The Morgan fingerprint density at radius 2 is 1.94 bits per heavy atom. The fourth-order valence-corrected chi connectivity index (χ4v) is 5.15. The Balaban J connectivity index is 1.72. The maximum absolute atomic E-state index is 15.0. The number of nitrogens with zero attached hydrogens (tertiary/aromatic N) is 3. The van der Waals surface area contributed by atoms with Crippen LogP contribution in [0.5, 0.6) is 5.75 Å². The summed E-state index contributed by atoms with van der Waals surface area (Å²) >= 11 is 8.22. The first-order valence-electron chi connectivity index (χ1n) is 10.9. The summed E-state index contributed by atoms with van der Waals surface area (Å²) in [6.45, 7) is 5.39. The summed E-state index contributed by atoms with van der Waals surface area (Å²) in [5, 5.41) is 6.86. The number of rotatable bonds is 3. The molecule has 33 heavy (non-hydrogen) atoms. The molecule has 1 fully saturated rings. The molecule has 9 heteroatoms. The van der Waals surface area contributed by atoms with Crippen molar-refractivity contribution in [2.24, 2.45) is 0 Å². The number of hydrogen-bond donors (Lipinski definition) is 1. The van der Waals surface area contributed by atoms with E-state index in [-0.39, 0.29) is 17.3 Å². The van der Waals surface area contributed by atoms with Crippen LogP contribution >= 0.6 is 34.2 Å². The summed E-state index contributed by atoms with van der Waals surface area (Å²) in [4.78, 5) is 13.4. The van der Waals surface area contributed by atoms with Gasteiger partial charge in [0.25, 0.3) is 5.91 Å². The van der Waals surface area contributed by atoms with Crippen LogP contribution < -0.4 is 10.2 Å². The van der Waals surface area contributed by atoms with Gasteiger partial charge >= 0.3 is 0 Å². The van der Waals surface area contributed by atoms with E-state index in [1.165, 1.54) is 10.7 Å². The molecule has 0 unspecified atom stereocenters. The number of fused-ring (bicyclic) bond motifs is 3. The number of hydrazine groups is 1.